The van der Waals surface area contributed by atoms with E-state index in [0.717, 1.165) is 5.56 Å². The van der Waals surface area contributed by atoms with E-state index in [0.29, 0.717) is 11.1 Å². The van der Waals surface area contributed by atoms with E-state index in [1.165, 1.54) is 19.1 Å². The topological polar surface area (TPSA) is 96.0 Å². The van der Waals surface area contributed by atoms with Crippen LogP contribution in [0, 0.1) is 28.4 Å². The Morgan fingerprint density at radius 2 is 2.00 bits per heavy atom. The molecule has 20 heavy (non-hydrogen) atoms. The highest BCUT2D eigenvalue weighted by Gasteiger charge is 2.19. The van der Waals surface area contributed by atoms with Crippen LogP contribution >= 0.6 is 0 Å². The van der Waals surface area contributed by atoms with E-state index in [2.05, 4.69) is 5.32 Å². The zero-order valence-electron chi connectivity index (χ0n) is 10.9. The average Bonchev–Trinajstić information content (AvgIpc) is 2.38. The van der Waals surface area contributed by atoms with Gasteiger partial charge < -0.3 is 5.32 Å². The fourth-order valence-corrected chi connectivity index (χ4v) is 2.19. The largest absolute Gasteiger partial charge is 0.326 e. The molecule has 0 saturated carbocycles. The third kappa shape index (κ3) is 2.17. The Morgan fingerprint density at radius 3 is 2.55 bits per heavy atom. The highest BCUT2D eigenvalue weighted by Crippen LogP contribution is 2.36. The molecule has 0 aromatic heterocycles. The molecule has 0 fully saturated rings. The maximum atomic E-state index is 11.2. The number of nitriles is 1. The maximum absolute atomic E-state index is 11.2. The van der Waals surface area contributed by atoms with E-state index >= 15 is 0 Å². The van der Waals surface area contributed by atoms with Gasteiger partial charge in [-0.25, -0.2) is 0 Å². The number of benzene rings is 2. The van der Waals surface area contributed by atoms with Crippen molar-refractivity contribution in [1.29, 1.82) is 5.26 Å². The molecule has 0 radical (unpaired) electrons. The molecule has 6 heteroatoms. The van der Waals surface area contributed by atoms with Gasteiger partial charge in [-0.05, 0) is 24.6 Å². The number of carbonyl (C=O) groups is 1. The number of aryl methyl sites for hydroxylation is 1. The van der Waals surface area contributed by atoms with Gasteiger partial charge in [0.05, 0.1) is 15.9 Å². The molecule has 0 aliphatic heterocycles. The standard InChI is InChI=1S/C14H11N3O3/c1-8-3-4-10(7-15)14-12(17(19)20)6-5-11(13(8)14)16-9(2)18/h3-6H,1-2H3,(H,16,18). The first kappa shape index (κ1) is 13.5. The van der Waals surface area contributed by atoms with Crippen LogP contribution in [-0.4, -0.2) is 10.8 Å². The highest BCUT2D eigenvalue weighted by molar-refractivity contribution is 6.08. The molecule has 2 aromatic rings. The van der Waals surface area contributed by atoms with E-state index in [-0.39, 0.29) is 22.5 Å². The van der Waals surface area contributed by atoms with Gasteiger partial charge >= 0.3 is 0 Å². The predicted molar refractivity (Wildman–Crippen MR) is 74.4 cm³/mol. The number of hydrogen-bond donors (Lipinski definition) is 1. The van der Waals surface area contributed by atoms with Crippen molar-refractivity contribution in [3.8, 4) is 6.07 Å². The summed E-state index contributed by atoms with van der Waals surface area (Å²) in [6.07, 6.45) is 0. The number of nitro benzene ring substituents is 1. The minimum atomic E-state index is -0.528. The number of fused-ring (bicyclic) bond motifs is 1. The fraction of sp³-hybridized carbons (Fsp3) is 0.143. The van der Waals surface area contributed by atoms with Gasteiger partial charge in [0.25, 0.3) is 5.69 Å². The lowest BCUT2D eigenvalue weighted by Crippen LogP contribution is -2.07. The molecule has 0 bridgehead atoms. The van der Waals surface area contributed by atoms with Gasteiger partial charge in [-0.2, -0.15) is 5.26 Å². The SMILES string of the molecule is CC(=O)Nc1ccc([N+](=O)[O-])c2c(C#N)ccc(C)c12. The molecule has 0 unspecified atom stereocenters. The Kier molecular flexibility index (Phi) is 3.36. The monoisotopic (exact) mass is 269 g/mol. The number of rotatable bonds is 2. The van der Waals surface area contributed by atoms with Crippen LogP contribution in [0.25, 0.3) is 10.8 Å². The van der Waals surface area contributed by atoms with E-state index in [9.17, 15) is 14.9 Å². The number of nitrogens with one attached hydrogen (secondary N) is 1. The van der Waals surface area contributed by atoms with Crippen LogP contribution in [0.4, 0.5) is 11.4 Å². The van der Waals surface area contributed by atoms with Crippen molar-refractivity contribution in [2.75, 3.05) is 5.32 Å². The van der Waals surface area contributed by atoms with Crippen LogP contribution in [0.2, 0.25) is 0 Å². The second-order valence-corrected chi connectivity index (χ2v) is 4.36. The van der Waals surface area contributed by atoms with Crippen molar-refractivity contribution in [2.45, 2.75) is 13.8 Å². The number of non-ortho nitro benzene ring substituents is 1. The molecule has 2 aromatic carbocycles. The summed E-state index contributed by atoms with van der Waals surface area (Å²) in [5.74, 6) is -0.276. The third-order valence-electron chi connectivity index (χ3n) is 2.97. The summed E-state index contributed by atoms with van der Waals surface area (Å²) in [5.41, 5.74) is 1.29. The lowest BCUT2D eigenvalue weighted by atomic mass is 9.97. The molecule has 2 rings (SSSR count). The zero-order chi connectivity index (χ0) is 14.9. The average molecular weight is 269 g/mol. The minimum absolute atomic E-state index is 0.144. The van der Waals surface area contributed by atoms with Crippen LogP contribution in [-0.2, 0) is 4.79 Å². The first-order chi connectivity index (χ1) is 9.45. The Bertz CT molecular complexity index is 775. The third-order valence-corrected chi connectivity index (χ3v) is 2.97. The number of amides is 1. The van der Waals surface area contributed by atoms with Crippen LogP contribution in [0.3, 0.4) is 0 Å². The van der Waals surface area contributed by atoms with E-state index < -0.39 is 4.92 Å². The fourth-order valence-electron chi connectivity index (χ4n) is 2.19. The van der Waals surface area contributed by atoms with Crippen LogP contribution in [0.1, 0.15) is 18.1 Å². The van der Waals surface area contributed by atoms with Crippen molar-refractivity contribution in [1.82, 2.24) is 0 Å². The van der Waals surface area contributed by atoms with Gasteiger partial charge in [-0.15, -0.1) is 0 Å². The van der Waals surface area contributed by atoms with E-state index in [4.69, 9.17) is 5.26 Å². The molecular weight excluding hydrogens is 258 g/mol. The van der Waals surface area contributed by atoms with Gasteiger partial charge in [0, 0.05) is 24.1 Å². The van der Waals surface area contributed by atoms with E-state index in [1.54, 1.807) is 19.1 Å². The van der Waals surface area contributed by atoms with Gasteiger partial charge in [-0.3, -0.25) is 14.9 Å². The summed E-state index contributed by atoms with van der Waals surface area (Å²) in [5, 5.41) is 23.7. The van der Waals surface area contributed by atoms with Crippen LogP contribution < -0.4 is 5.32 Å². The molecule has 6 nitrogen and oxygen atoms in total. The minimum Gasteiger partial charge on any atom is -0.326 e. The van der Waals surface area contributed by atoms with Crippen molar-refractivity contribution >= 4 is 28.1 Å². The Balaban J connectivity index is 2.95. The highest BCUT2D eigenvalue weighted by atomic mass is 16.6. The van der Waals surface area contributed by atoms with Crippen molar-refractivity contribution in [3.05, 3.63) is 45.5 Å². The molecule has 0 atom stereocenters. The number of nitrogens with zero attached hydrogens (tertiary/aromatic N) is 2. The Hall–Kier alpha value is -2.94. The smallest absolute Gasteiger partial charge is 0.278 e. The lowest BCUT2D eigenvalue weighted by Gasteiger charge is -2.11. The second kappa shape index (κ2) is 4.97. The van der Waals surface area contributed by atoms with Gasteiger partial charge in [0.15, 0.2) is 0 Å². The predicted octanol–water partition coefficient (Wildman–Crippen LogP) is 2.89. The number of nitro groups is 1. The van der Waals surface area contributed by atoms with Gasteiger partial charge in [0.2, 0.25) is 5.91 Å². The quantitative estimate of drug-likeness (QED) is 0.669. The molecule has 0 spiro atoms. The first-order valence-corrected chi connectivity index (χ1v) is 5.84. The van der Waals surface area contributed by atoms with Crippen molar-refractivity contribution < 1.29 is 9.72 Å². The molecule has 1 N–H and O–H groups in total. The van der Waals surface area contributed by atoms with Crippen molar-refractivity contribution in [3.63, 3.8) is 0 Å². The number of hydrogen-bond acceptors (Lipinski definition) is 4. The normalized spacial score (nSPS) is 10.1. The number of anilines is 1. The molecule has 0 aliphatic rings. The summed E-state index contributed by atoms with van der Waals surface area (Å²) in [7, 11) is 0. The molecule has 100 valence electrons. The van der Waals surface area contributed by atoms with Crippen LogP contribution in [0.5, 0.6) is 0 Å². The summed E-state index contributed by atoms with van der Waals surface area (Å²) in [4.78, 5) is 21.8. The first-order valence-electron chi connectivity index (χ1n) is 5.84. The van der Waals surface area contributed by atoms with E-state index in [1.807, 2.05) is 6.07 Å². The van der Waals surface area contributed by atoms with Gasteiger partial charge in [-0.1, -0.05) is 6.07 Å². The Labute approximate surface area is 114 Å². The van der Waals surface area contributed by atoms with Crippen LogP contribution in [0.15, 0.2) is 24.3 Å². The Morgan fingerprint density at radius 1 is 1.30 bits per heavy atom. The number of carbonyl (C=O) groups excluding carboxylic acids is 1. The zero-order valence-corrected chi connectivity index (χ0v) is 10.9. The summed E-state index contributed by atoms with van der Waals surface area (Å²) >= 11 is 0. The van der Waals surface area contributed by atoms with Crippen molar-refractivity contribution in [2.24, 2.45) is 0 Å². The molecule has 0 heterocycles. The summed E-state index contributed by atoms with van der Waals surface area (Å²) in [6, 6.07) is 7.99. The summed E-state index contributed by atoms with van der Waals surface area (Å²) in [6.45, 7) is 3.13. The second-order valence-electron chi connectivity index (χ2n) is 4.36. The maximum Gasteiger partial charge on any atom is 0.278 e. The molecular formula is C14H11N3O3. The van der Waals surface area contributed by atoms with Gasteiger partial charge in [0.1, 0.15) is 6.07 Å². The summed E-state index contributed by atoms with van der Waals surface area (Å²) < 4.78 is 0. The lowest BCUT2D eigenvalue weighted by molar-refractivity contribution is -0.383. The molecule has 0 aliphatic carbocycles. The molecule has 0 saturated heterocycles. The molecule has 1 amide bonds.